The van der Waals surface area contributed by atoms with Crippen molar-refractivity contribution in [1.82, 2.24) is 4.31 Å². The third-order valence-corrected chi connectivity index (χ3v) is 4.09. The Morgan fingerprint density at radius 1 is 1.39 bits per heavy atom. The molecule has 6 heteroatoms. The van der Waals surface area contributed by atoms with Crippen molar-refractivity contribution in [1.29, 1.82) is 0 Å². The fourth-order valence-corrected chi connectivity index (χ4v) is 2.23. The van der Waals surface area contributed by atoms with E-state index in [4.69, 9.17) is 10.5 Å². The van der Waals surface area contributed by atoms with E-state index in [1.165, 1.54) is 33.3 Å². The molecular formula is C12H16N2O3S. The number of ether oxygens (including phenoxy) is 1. The lowest BCUT2D eigenvalue weighted by Crippen LogP contribution is -2.22. The number of methoxy groups -OCH3 is 1. The zero-order valence-corrected chi connectivity index (χ0v) is 11.4. The number of rotatable bonds is 3. The van der Waals surface area contributed by atoms with Crippen LogP contribution in [0, 0.1) is 11.8 Å². The van der Waals surface area contributed by atoms with Crippen molar-refractivity contribution in [3.05, 3.63) is 23.8 Å². The Morgan fingerprint density at radius 3 is 2.56 bits per heavy atom. The van der Waals surface area contributed by atoms with Crippen LogP contribution in [0.15, 0.2) is 23.1 Å². The summed E-state index contributed by atoms with van der Waals surface area (Å²) in [5, 5.41) is 0. The normalized spacial score (nSPS) is 10.9. The maximum Gasteiger partial charge on any atom is 0.242 e. The van der Waals surface area contributed by atoms with Gasteiger partial charge in [0.15, 0.2) is 0 Å². The molecule has 0 aliphatic rings. The first-order valence-corrected chi connectivity index (χ1v) is 6.67. The van der Waals surface area contributed by atoms with Gasteiger partial charge in [0.25, 0.3) is 0 Å². The van der Waals surface area contributed by atoms with E-state index in [0.717, 1.165) is 4.31 Å². The van der Waals surface area contributed by atoms with Crippen LogP contribution in [0.3, 0.4) is 0 Å². The SMILES string of the molecule is COc1ccc(S(=O)(=O)N(C)C)cc1C#CCN. The molecule has 0 saturated heterocycles. The third kappa shape index (κ3) is 3.01. The summed E-state index contributed by atoms with van der Waals surface area (Å²) in [5.74, 6) is 5.99. The second kappa shape index (κ2) is 5.87. The van der Waals surface area contributed by atoms with Crippen LogP contribution in [-0.4, -0.2) is 40.5 Å². The Kier molecular flexibility index (Phi) is 4.73. The molecule has 0 aliphatic carbocycles. The topological polar surface area (TPSA) is 72.6 Å². The predicted molar refractivity (Wildman–Crippen MR) is 69.8 cm³/mol. The van der Waals surface area contributed by atoms with Crippen molar-refractivity contribution in [2.24, 2.45) is 5.73 Å². The van der Waals surface area contributed by atoms with E-state index in [9.17, 15) is 8.42 Å². The highest BCUT2D eigenvalue weighted by molar-refractivity contribution is 7.89. The molecule has 98 valence electrons. The summed E-state index contributed by atoms with van der Waals surface area (Å²) in [6.45, 7) is 0.202. The molecule has 5 nitrogen and oxygen atoms in total. The van der Waals surface area contributed by atoms with Gasteiger partial charge in [-0.05, 0) is 18.2 Å². The van der Waals surface area contributed by atoms with Crippen molar-refractivity contribution in [3.8, 4) is 17.6 Å². The van der Waals surface area contributed by atoms with E-state index in [2.05, 4.69) is 11.8 Å². The standard InChI is InChI=1S/C12H16N2O3S/c1-14(2)18(15,16)11-6-7-12(17-3)10(9-11)5-4-8-13/h6-7,9H,8,13H2,1-3H3. The maximum atomic E-state index is 12.0. The largest absolute Gasteiger partial charge is 0.495 e. The van der Waals surface area contributed by atoms with Gasteiger partial charge in [0.05, 0.1) is 24.1 Å². The zero-order valence-electron chi connectivity index (χ0n) is 10.6. The highest BCUT2D eigenvalue weighted by Gasteiger charge is 2.18. The Morgan fingerprint density at radius 2 is 2.06 bits per heavy atom. The summed E-state index contributed by atoms with van der Waals surface area (Å²) in [4.78, 5) is 0.176. The number of benzene rings is 1. The number of nitrogens with two attached hydrogens (primary N) is 1. The van der Waals surface area contributed by atoms with Crippen molar-refractivity contribution < 1.29 is 13.2 Å². The van der Waals surface area contributed by atoms with Crippen molar-refractivity contribution >= 4 is 10.0 Å². The number of hydrogen-bond donors (Lipinski definition) is 1. The molecule has 18 heavy (non-hydrogen) atoms. The fraction of sp³-hybridized carbons (Fsp3) is 0.333. The maximum absolute atomic E-state index is 12.0. The molecule has 0 spiro atoms. The highest BCUT2D eigenvalue weighted by atomic mass is 32.2. The first kappa shape index (κ1) is 14.5. The van der Waals surface area contributed by atoms with Gasteiger partial charge in [0.2, 0.25) is 10.0 Å². The molecule has 0 aliphatic heterocycles. The molecular weight excluding hydrogens is 252 g/mol. The molecule has 0 bridgehead atoms. The second-order valence-corrected chi connectivity index (χ2v) is 5.81. The van der Waals surface area contributed by atoms with Crippen molar-refractivity contribution in [3.63, 3.8) is 0 Å². The van der Waals surface area contributed by atoms with Gasteiger partial charge in [-0.2, -0.15) is 0 Å². The number of hydrogen-bond acceptors (Lipinski definition) is 4. The van der Waals surface area contributed by atoms with Gasteiger partial charge in [-0.15, -0.1) is 0 Å². The Labute approximate surface area is 108 Å². The minimum atomic E-state index is -3.47. The van der Waals surface area contributed by atoms with E-state index in [1.54, 1.807) is 6.07 Å². The Balaban J connectivity index is 3.36. The molecule has 2 N–H and O–H groups in total. The predicted octanol–water partition coefficient (Wildman–Crippen LogP) is 0.256. The lowest BCUT2D eigenvalue weighted by molar-refractivity contribution is 0.413. The minimum Gasteiger partial charge on any atom is -0.495 e. The first-order valence-electron chi connectivity index (χ1n) is 5.23. The van der Waals surface area contributed by atoms with E-state index in [-0.39, 0.29) is 11.4 Å². The fourth-order valence-electron chi connectivity index (χ4n) is 1.30. The van der Waals surface area contributed by atoms with Crippen molar-refractivity contribution in [2.75, 3.05) is 27.7 Å². The molecule has 1 aromatic rings. The monoisotopic (exact) mass is 268 g/mol. The van der Waals surface area contributed by atoms with Crippen LogP contribution in [0.4, 0.5) is 0 Å². The van der Waals surface area contributed by atoms with Crippen LogP contribution in [0.1, 0.15) is 5.56 Å². The van der Waals surface area contributed by atoms with Crippen LogP contribution in [0.2, 0.25) is 0 Å². The van der Waals surface area contributed by atoms with Crippen LogP contribution < -0.4 is 10.5 Å². The van der Waals surface area contributed by atoms with E-state index in [0.29, 0.717) is 11.3 Å². The van der Waals surface area contributed by atoms with Gasteiger partial charge in [-0.25, -0.2) is 12.7 Å². The van der Waals surface area contributed by atoms with E-state index < -0.39 is 10.0 Å². The molecule has 0 saturated carbocycles. The van der Waals surface area contributed by atoms with Gasteiger partial charge in [0.1, 0.15) is 5.75 Å². The molecule has 0 amide bonds. The highest BCUT2D eigenvalue weighted by Crippen LogP contribution is 2.22. The Hall–Kier alpha value is -1.55. The summed E-state index contributed by atoms with van der Waals surface area (Å²) in [7, 11) is 0.986. The molecule has 0 aromatic heterocycles. The number of sulfonamides is 1. The Bertz CT molecular complexity index is 583. The van der Waals surface area contributed by atoms with Crippen LogP contribution in [-0.2, 0) is 10.0 Å². The molecule has 0 fully saturated rings. The smallest absolute Gasteiger partial charge is 0.242 e. The van der Waals surface area contributed by atoms with Crippen LogP contribution in [0.25, 0.3) is 0 Å². The molecule has 0 heterocycles. The van der Waals surface area contributed by atoms with E-state index in [1.807, 2.05) is 0 Å². The molecule has 0 unspecified atom stereocenters. The lowest BCUT2D eigenvalue weighted by Gasteiger charge is -2.12. The third-order valence-electron chi connectivity index (χ3n) is 2.27. The summed E-state index contributed by atoms with van der Waals surface area (Å²) < 4.78 is 30.2. The van der Waals surface area contributed by atoms with Crippen LogP contribution >= 0.6 is 0 Å². The summed E-state index contributed by atoms with van der Waals surface area (Å²) in [6.07, 6.45) is 0. The minimum absolute atomic E-state index is 0.176. The quantitative estimate of drug-likeness (QED) is 0.798. The lowest BCUT2D eigenvalue weighted by atomic mass is 10.2. The van der Waals surface area contributed by atoms with Gasteiger partial charge in [-0.1, -0.05) is 11.8 Å². The molecule has 1 rings (SSSR count). The molecule has 1 aromatic carbocycles. The second-order valence-electron chi connectivity index (χ2n) is 3.66. The van der Waals surface area contributed by atoms with Crippen molar-refractivity contribution in [2.45, 2.75) is 4.90 Å². The number of nitrogens with zero attached hydrogens (tertiary/aromatic N) is 1. The molecule has 0 atom stereocenters. The van der Waals surface area contributed by atoms with Crippen LogP contribution in [0.5, 0.6) is 5.75 Å². The zero-order chi connectivity index (χ0) is 13.8. The molecule has 0 radical (unpaired) electrons. The average Bonchev–Trinajstić information content (AvgIpc) is 2.35. The summed E-state index contributed by atoms with van der Waals surface area (Å²) in [5.41, 5.74) is 5.80. The first-order chi connectivity index (χ1) is 8.43. The van der Waals surface area contributed by atoms with E-state index >= 15 is 0 Å². The van der Waals surface area contributed by atoms with Gasteiger partial charge < -0.3 is 10.5 Å². The summed E-state index contributed by atoms with van der Waals surface area (Å²) in [6, 6.07) is 4.55. The summed E-state index contributed by atoms with van der Waals surface area (Å²) >= 11 is 0. The van der Waals surface area contributed by atoms with Gasteiger partial charge in [0, 0.05) is 14.1 Å². The van der Waals surface area contributed by atoms with Gasteiger partial charge >= 0.3 is 0 Å². The van der Waals surface area contributed by atoms with Gasteiger partial charge in [-0.3, -0.25) is 0 Å². The average molecular weight is 268 g/mol.